The van der Waals surface area contributed by atoms with Gasteiger partial charge in [-0.3, -0.25) is 13.8 Å². The highest BCUT2D eigenvalue weighted by Gasteiger charge is 2.28. The zero-order valence-electron chi connectivity index (χ0n) is 15.1. The molecular formula is C17H20N4O5S2. The van der Waals surface area contributed by atoms with Crippen molar-refractivity contribution in [2.24, 2.45) is 11.1 Å². The van der Waals surface area contributed by atoms with E-state index in [0.29, 0.717) is 28.2 Å². The van der Waals surface area contributed by atoms with Crippen molar-refractivity contribution in [3.05, 3.63) is 40.0 Å². The van der Waals surface area contributed by atoms with Crippen LogP contribution in [0.1, 0.15) is 51.8 Å². The molecule has 0 aliphatic heterocycles. The van der Waals surface area contributed by atoms with Crippen molar-refractivity contribution in [1.29, 1.82) is 0 Å². The van der Waals surface area contributed by atoms with Crippen LogP contribution in [-0.4, -0.2) is 42.6 Å². The Labute approximate surface area is 166 Å². The molecule has 0 spiro atoms. The lowest BCUT2D eigenvalue weighted by Crippen LogP contribution is -2.22. The van der Waals surface area contributed by atoms with Gasteiger partial charge < -0.3 is 5.32 Å². The maximum atomic E-state index is 12.8. The third kappa shape index (κ3) is 5.19. The normalized spacial score (nSPS) is 19.5. The van der Waals surface area contributed by atoms with Crippen molar-refractivity contribution in [2.45, 2.75) is 32.2 Å². The molecule has 28 heavy (non-hydrogen) atoms. The number of hydrogen-bond donors (Lipinski definition) is 2. The van der Waals surface area contributed by atoms with E-state index in [-0.39, 0.29) is 30.1 Å². The van der Waals surface area contributed by atoms with Gasteiger partial charge in [0, 0.05) is 23.2 Å². The second-order valence-electron chi connectivity index (χ2n) is 6.67. The van der Waals surface area contributed by atoms with E-state index < -0.39 is 10.3 Å². The number of thiophene rings is 1. The molecule has 0 unspecified atom stereocenters. The van der Waals surface area contributed by atoms with Crippen molar-refractivity contribution in [2.75, 3.05) is 11.9 Å². The summed E-state index contributed by atoms with van der Waals surface area (Å²) in [6, 6.07) is 1.59. The monoisotopic (exact) mass is 424 g/mol. The first kappa shape index (κ1) is 20.5. The lowest BCUT2D eigenvalue weighted by atomic mass is 10.1. The molecule has 2 aromatic rings. The summed E-state index contributed by atoms with van der Waals surface area (Å²) in [5.41, 5.74) is 0.817. The average molecular weight is 425 g/mol. The second kappa shape index (κ2) is 8.43. The Morgan fingerprint density at radius 1 is 1.39 bits per heavy atom. The summed E-state index contributed by atoms with van der Waals surface area (Å²) >= 11 is 1.20. The molecule has 9 nitrogen and oxygen atoms in total. The third-order valence-electron chi connectivity index (χ3n) is 4.54. The van der Waals surface area contributed by atoms with Gasteiger partial charge in [-0.25, -0.2) is 15.1 Å². The molecule has 1 aliphatic rings. The van der Waals surface area contributed by atoms with Gasteiger partial charge in [0.05, 0.1) is 17.0 Å². The number of nitrogens with zero attached hydrogens (tertiary/aromatic N) is 2. The fraction of sp³-hybridized carbons (Fsp3) is 0.412. The Morgan fingerprint density at radius 3 is 2.86 bits per heavy atom. The van der Waals surface area contributed by atoms with Gasteiger partial charge in [-0.15, -0.1) is 11.3 Å². The number of nitrogens with one attached hydrogen (secondary N) is 1. The highest BCUT2D eigenvalue weighted by Crippen LogP contribution is 2.30. The quantitative estimate of drug-likeness (QED) is 0.611. The largest absolute Gasteiger partial charge is 0.367 e. The highest BCUT2D eigenvalue weighted by atomic mass is 32.2. The number of Topliss-reactive ketones (excluding diaryl/α,β-unsaturated/α-hetero) is 1. The number of carbonyl (C=O) groups excluding carboxylic acids is 2. The fourth-order valence-electron chi connectivity index (χ4n) is 3.13. The van der Waals surface area contributed by atoms with Crippen molar-refractivity contribution in [3.63, 3.8) is 0 Å². The predicted molar refractivity (Wildman–Crippen MR) is 104 cm³/mol. The summed E-state index contributed by atoms with van der Waals surface area (Å²) in [4.78, 5) is 32.9. The molecule has 1 saturated carbocycles. The van der Waals surface area contributed by atoms with Gasteiger partial charge in [-0.1, -0.05) is 0 Å². The minimum Gasteiger partial charge on any atom is -0.367 e. The van der Waals surface area contributed by atoms with Gasteiger partial charge in [-0.05, 0) is 38.2 Å². The molecule has 0 bridgehead atoms. The van der Waals surface area contributed by atoms with Crippen molar-refractivity contribution in [3.8, 4) is 0 Å². The van der Waals surface area contributed by atoms with Crippen molar-refractivity contribution < 1.29 is 22.2 Å². The van der Waals surface area contributed by atoms with E-state index in [1.807, 2.05) is 0 Å². The van der Waals surface area contributed by atoms with E-state index in [1.54, 1.807) is 11.4 Å². The van der Waals surface area contributed by atoms with Crippen LogP contribution in [0.15, 0.2) is 24.0 Å². The molecule has 2 atom stereocenters. The van der Waals surface area contributed by atoms with E-state index in [2.05, 4.69) is 19.5 Å². The first-order valence-electron chi connectivity index (χ1n) is 8.61. The maximum absolute atomic E-state index is 12.8. The van der Waals surface area contributed by atoms with Crippen molar-refractivity contribution >= 4 is 39.0 Å². The number of ketones is 2. The number of carbonyl (C=O) groups is 2. The molecule has 2 heterocycles. The molecule has 0 amide bonds. The molecule has 11 heteroatoms. The predicted octanol–water partition coefficient (Wildman–Crippen LogP) is 1.77. The summed E-state index contributed by atoms with van der Waals surface area (Å²) in [6.45, 7) is 1.49. The average Bonchev–Trinajstić information content (AvgIpc) is 3.29. The van der Waals surface area contributed by atoms with Crippen LogP contribution in [0.25, 0.3) is 0 Å². The summed E-state index contributed by atoms with van der Waals surface area (Å²) < 4.78 is 26.5. The van der Waals surface area contributed by atoms with Crippen LogP contribution < -0.4 is 10.5 Å². The Bertz CT molecular complexity index is 989. The Balaban J connectivity index is 1.69. The van der Waals surface area contributed by atoms with Crippen LogP contribution in [0.3, 0.4) is 0 Å². The molecule has 0 radical (unpaired) electrons. The molecular weight excluding hydrogens is 404 g/mol. The smallest absolute Gasteiger partial charge is 0.333 e. The summed E-state index contributed by atoms with van der Waals surface area (Å²) in [6.07, 6.45) is 5.02. The summed E-state index contributed by atoms with van der Waals surface area (Å²) in [5, 5.41) is 9.76. The molecule has 1 aliphatic carbocycles. The van der Waals surface area contributed by atoms with Crippen LogP contribution in [0.5, 0.6) is 0 Å². The SMILES string of the molecule is CC(=O)c1csc(C(=O)c2cncnc2N[C@H]2CC[C@@H](COS(N)(=O)=O)C2)c1. The number of anilines is 1. The molecule has 150 valence electrons. The van der Waals surface area contributed by atoms with Crippen LogP contribution in [0, 0.1) is 5.92 Å². The Hall–Kier alpha value is -2.21. The first-order chi connectivity index (χ1) is 13.2. The van der Waals surface area contributed by atoms with Crippen molar-refractivity contribution in [1.82, 2.24) is 9.97 Å². The Morgan fingerprint density at radius 2 is 2.18 bits per heavy atom. The number of aromatic nitrogens is 2. The molecule has 0 aromatic carbocycles. The number of hydrogen-bond acceptors (Lipinski definition) is 9. The topological polar surface area (TPSA) is 141 Å². The van der Waals surface area contributed by atoms with Crippen LogP contribution in [0.4, 0.5) is 5.82 Å². The number of nitrogens with two attached hydrogens (primary N) is 1. The van der Waals surface area contributed by atoms with Crippen LogP contribution >= 0.6 is 11.3 Å². The van der Waals surface area contributed by atoms with Gasteiger partial charge in [0.1, 0.15) is 12.1 Å². The van der Waals surface area contributed by atoms with E-state index in [1.165, 1.54) is 30.8 Å². The first-order valence-corrected chi connectivity index (χ1v) is 11.0. The zero-order valence-corrected chi connectivity index (χ0v) is 16.8. The highest BCUT2D eigenvalue weighted by molar-refractivity contribution is 7.84. The van der Waals surface area contributed by atoms with Gasteiger partial charge in [0.25, 0.3) is 0 Å². The molecule has 0 saturated heterocycles. The van der Waals surface area contributed by atoms with E-state index in [9.17, 15) is 18.0 Å². The fourth-order valence-corrected chi connectivity index (χ4v) is 4.41. The van der Waals surface area contributed by atoms with Gasteiger partial charge in [0.2, 0.25) is 5.78 Å². The van der Waals surface area contributed by atoms with E-state index in [4.69, 9.17) is 5.14 Å². The van der Waals surface area contributed by atoms with Gasteiger partial charge >= 0.3 is 10.3 Å². The van der Waals surface area contributed by atoms with E-state index >= 15 is 0 Å². The lowest BCUT2D eigenvalue weighted by molar-refractivity contribution is 0.101. The van der Waals surface area contributed by atoms with Crippen LogP contribution in [-0.2, 0) is 14.5 Å². The van der Waals surface area contributed by atoms with E-state index in [0.717, 1.165) is 12.8 Å². The summed E-state index contributed by atoms with van der Waals surface area (Å²) in [7, 11) is -3.95. The second-order valence-corrected chi connectivity index (χ2v) is 8.80. The molecule has 3 rings (SSSR count). The maximum Gasteiger partial charge on any atom is 0.333 e. The standard InChI is InChI=1S/C17H20N4O5S2/c1-10(22)12-5-15(27-8-12)16(23)14-6-19-9-20-17(14)21-13-3-2-11(4-13)7-26-28(18,24)25/h5-6,8-9,11,13H,2-4,7H2,1H3,(H2,18,24,25)(H,19,20,21)/t11-,13+/m1/s1. The molecule has 3 N–H and O–H groups in total. The minimum atomic E-state index is -3.95. The molecule has 1 fully saturated rings. The third-order valence-corrected chi connectivity index (χ3v) is 5.93. The minimum absolute atomic E-state index is 0.0200. The molecule has 2 aromatic heterocycles. The van der Waals surface area contributed by atoms with Gasteiger partial charge in [-0.2, -0.15) is 8.42 Å². The number of rotatable bonds is 8. The summed E-state index contributed by atoms with van der Waals surface area (Å²) in [5.74, 6) is 0.104. The van der Waals surface area contributed by atoms with Crippen LogP contribution in [0.2, 0.25) is 0 Å². The zero-order chi connectivity index (χ0) is 20.3. The van der Waals surface area contributed by atoms with Gasteiger partial charge in [0.15, 0.2) is 5.78 Å². The Kier molecular flexibility index (Phi) is 6.18. The lowest BCUT2D eigenvalue weighted by Gasteiger charge is -2.15.